The first-order chi connectivity index (χ1) is 9.51. The normalized spacial score (nSPS) is 22.6. The van der Waals surface area contributed by atoms with Gasteiger partial charge in [-0.2, -0.15) is 4.98 Å². The Morgan fingerprint density at radius 1 is 1.45 bits per heavy atom. The summed E-state index contributed by atoms with van der Waals surface area (Å²) in [5.41, 5.74) is -0.0204. The molecule has 7 nitrogen and oxygen atoms in total. The Labute approximate surface area is 118 Å². The first-order valence-electron chi connectivity index (χ1n) is 7.01. The van der Waals surface area contributed by atoms with E-state index in [2.05, 4.69) is 29.1 Å². The molecule has 1 aliphatic heterocycles. The molecule has 0 saturated carbocycles. The van der Waals surface area contributed by atoms with Crippen molar-refractivity contribution < 1.29 is 4.92 Å². The lowest BCUT2D eigenvalue weighted by atomic mass is 9.92. The standard InChI is InChI=1S/C13H21N5O2/c1-4-14-13-15-6-11(18(19)20)12(16-13)17-7-9(2)5-10(3)8-17/h6,9-10H,4-5,7-8H2,1-3H3,(H,14,15,16). The van der Waals surface area contributed by atoms with Gasteiger partial charge in [-0.1, -0.05) is 13.8 Å². The SMILES string of the molecule is CCNc1ncc([N+](=O)[O-])c(N2CC(C)CC(C)C2)n1. The Bertz CT molecular complexity index is 484. The summed E-state index contributed by atoms with van der Waals surface area (Å²) in [5.74, 6) is 1.89. The van der Waals surface area contributed by atoms with Crippen LogP contribution in [-0.2, 0) is 0 Å². The molecule has 0 amide bonds. The second-order valence-corrected chi connectivity index (χ2v) is 5.54. The van der Waals surface area contributed by atoms with E-state index in [4.69, 9.17) is 0 Å². The molecular weight excluding hydrogens is 258 g/mol. The van der Waals surface area contributed by atoms with Crippen LogP contribution in [0.25, 0.3) is 0 Å². The van der Waals surface area contributed by atoms with Gasteiger partial charge in [0, 0.05) is 19.6 Å². The maximum absolute atomic E-state index is 11.2. The molecule has 1 aromatic heterocycles. The van der Waals surface area contributed by atoms with Crippen LogP contribution in [0.3, 0.4) is 0 Å². The van der Waals surface area contributed by atoms with Gasteiger partial charge >= 0.3 is 5.69 Å². The van der Waals surface area contributed by atoms with E-state index in [1.807, 2.05) is 11.8 Å². The highest BCUT2D eigenvalue weighted by atomic mass is 16.6. The Balaban J connectivity index is 2.35. The summed E-state index contributed by atoms with van der Waals surface area (Å²) in [6, 6.07) is 0. The van der Waals surface area contributed by atoms with Gasteiger partial charge in [0.05, 0.1) is 4.92 Å². The first kappa shape index (κ1) is 14.5. The van der Waals surface area contributed by atoms with Crippen LogP contribution in [0.4, 0.5) is 17.5 Å². The van der Waals surface area contributed by atoms with E-state index in [1.165, 1.54) is 6.20 Å². The van der Waals surface area contributed by atoms with Crippen LogP contribution in [-0.4, -0.2) is 34.5 Å². The van der Waals surface area contributed by atoms with Crippen LogP contribution in [0.2, 0.25) is 0 Å². The molecule has 1 aromatic rings. The van der Waals surface area contributed by atoms with Crippen LogP contribution in [0.5, 0.6) is 0 Å². The van der Waals surface area contributed by atoms with Crippen LogP contribution in [0, 0.1) is 22.0 Å². The topological polar surface area (TPSA) is 84.2 Å². The fraction of sp³-hybridized carbons (Fsp3) is 0.692. The zero-order chi connectivity index (χ0) is 14.7. The van der Waals surface area contributed by atoms with Crippen LogP contribution < -0.4 is 10.2 Å². The Morgan fingerprint density at radius 3 is 2.65 bits per heavy atom. The fourth-order valence-corrected chi connectivity index (χ4v) is 2.81. The predicted molar refractivity (Wildman–Crippen MR) is 78.0 cm³/mol. The molecule has 1 N–H and O–H groups in total. The highest BCUT2D eigenvalue weighted by Gasteiger charge is 2.28. The molecule has 1 fully saturated rings. The highest BCUT2D eigenvalue weighted by molar-refractivity contribution is 5.59. The van der Waals surface area contributed by atoms with E-state index >= 15 is 0 Å². The molecule has 0 radical (unpaired) electrons. The lowest BCUT2D eigenvalue weighted by Gasteiger charge is -2.35. The number of aromatic nitrogens is 2. The minimum atomic E-state index is -0.408. The van der Waals surface area contributed by atoms with Crippen molar-refractivity contribution in [2.45, 2.75) is 27.2 Å². The number of rotatable bonds is 4. The average molecular weight is 279 g/mol. The molecule has 7 heteroatoms. The summed E-state index contributed by atoms with van der Waals surface area (Å²) in [6.07, 6.45) is 2.44. The van der Waals surface area contributed by atoms with E-state index in [-0.39, 0.29) is 5.69 Å². The summed E-state index contributed by atoms with van der Waals surface area (Å²) in [6.45, 7) is 8.56. The molecule has 2 heterocycles. The Hall–Kier alpha value is -1.92. The molecule has 2 atom stereocenters. The zero-order valence-corrected chi connectivity index (χ0v) is 12.2. The fourth-order valence-electron chi connectivity index (χ4n) is 2.81. The third-order valence-electron chi connectivity index (χ3n) is 3.45. The lowest BCUT2D eigenvalue weighted by molar-refractivity contribution is -0.384. The van der Waals surface area contributed by atoms with Gasteiger partial charge in [0.1, 0.15) is 6.20 Å². The van der Waals surface area contributed by atoms with Crippen LogP contribution in [0.1, 0.15) is 27.2 Å². The van der Waals surface area contributed by atoms with E-state index in [1.54, 1.807) is 0 Å². The molecule has 2 rings (SSSR count). The molecule has 1 aliphatic rings. The third kappa shape index (κ3) is 3.15. The lowest BCUT2D eigenvalue weighted by Crippen LogP contribution is -2.39. The summed E-state index contributed by atoms with van der Waals surface area (Å²) < 4.78 is 0. The maximum Gasteiger partial charge on any atom is 0.329 e. The zero-order valence-electron chi connectivity index (χ0n) is 12.2. The Kier molecular flexibility index (Phi) is 4.36. The Morgan fingerprint density at radius 2 is 2.10 bits per heavy atom. The van der Waals surface area contributed by atoms with Gasteiger partial charge in [0.25, 0.3) is 0 Å². The van der Waals surface area contributed by atoms with Crippen molar-refractivity contribution in [3.63, 3.8) is 0 Å². The maximum atomic E-state index is 11.2. The average Bonchev–Trinajstić information content (AvgIpc) is 2.37. The summed E-state index contributed by atoms with van der Waals surface area (Å²) >= 11 is 0. The van der Waals surface area contributed by atoms with E-state index in [0.717, 1.165) is 19.5 Å². The molecule has 110 valence electrons. The number of hydrogen-bond donors (Lipinski definition) is 1. The number of piperidine rings is 1. The minimum Gasteiger partial charge on any atom is -0.354 e. The van der Waals surface area contributed by atoms with Gasteiger partial charge in [0.15, 0.2) is 0 Å². The predicted octanol–water partition coefficient (Wildman–Crippen LogP) is 2.30. The van der Waals surface area contributed by atoms with Crippen LogP contribution in [0.15, 0.2) is 6.20 Å². The molecule has 0 aromatic carbocycles. The second-order valence-electron chi connectivity index (χ2n) is 5.54. The second kappa shape index (κ2) is 6.02. The van der Waals surface area contributed by atoms with Gasteiger partial charge in [-0.25, -0.2) is 4.98 Å². The number of nitro groups is 1. The molecular formula is C13H21N5O2. The quantitative estimate of drug-likeness (QED) is 0.672. The number of anilines is 2. The van der Waals surface area contributed by atoms with E-state index in [0.29, 0.717) is 30.1 Å². The van der Waals surface area contributed by atoms with E-state index < -0.39 is 4.92 Å². The molecule has 0 spiro atoms. The van der Waals surface area contributed by atoms with Gasteiger partial charge in [-0.3, -0.25) is 10.1 Å². The molecule has 0 aliphatic carbocycles. The van der Waals surface area contributed by atoms with Gasteiger partial charge < -0.3 is 10.2 Å². The van der Waals surface area contributed by atoms with Crippen molar-refractivity contribution in [2.75, 3.05) is 29.9 Å². The van der Waals surface area contributed by atoms with E-state index in [9.17, 15) is 10.1 Å². The van der Waals surface area contributed by atoms with Gasteiger partial charge in [0.2, 0.25) is 11.8 Å². The van der Waals surface area contributed by atoms with Crippen molar-refractivity contribution in [3.05, 3.63) is 16.3 Å². The van der Waals surface area contributed by atoms with Crippen molar-refractivity contribution in [2.24, 2.45) is 11.8 Å². The monoisotopic (exact) mass is 279 g/mol. The van der Waals surface area contributed by atoms with Gasteiger partial charge in [-0.05, 0) is 25.2 Å². The van der Waals surface area contributed by atoms with Crippen molar-refractivity contribution in [1.82, 2.24) is 9.97 Å². The van der Waals surface area contributed by atoms with Crippen molar-refractivity contribution in [3.8, 4) is 0 Å². The molecule has 20 heavy (non-hydrogen) atoms. The molecule has 0 bridgehead atoms. The summed E-state index contributed by atoms with van der Waals surface area (Å²) in [4.78, 5) is 21.1. The van der Waals surface area contributed by atoms with Gasteiger partial charge in [-0.15, -0.1) is 0 Å². The molecule has 2 unspecified atom stereocenters. The van der Waals surface area contributed by atoms with Crippen molar-refractivity contribution in [1.29, 1.82) is 0 Å². The van der Waals surface area contributed by atoms with Crippen LogP contribution >= 0.6 is 0 Å². The number of nitrogens with zero attached hydrogens (tertiary/aromatic N) is 4. The number of hydrogen-bond acceptors (Lipinski definition) is 6. The smallest absolute Gasteiger partial charge is 0.329 e. The first-order valence-corrected chi connectivity index (χ1v) is 7.01. The highest BCUT2D eigenvalue weighted by Crippen LogP contribution is 2.31. The summed E-state index contributed by atoms with van der Waals surface area (Å²) in [5, 5.41) is 14.2. The summed E-state index contributed by atoms with van der Waals surface area (Å²) in [7, 11) is 0. The van der Waals surface area contributed by atoms with Crippen molar-refractivity contribution >= 4 is 17.5 Å². The third-order valence-corrected chi connectivity index (χ3v) is 3.45. The molecule has 1 saturated heterocycles. The number of nitrogens with one attached hydrogen (secondary N) is 1. The minimum absolute atomic E-state index is 0.0204. The largest absolute Gasteiger partial charge is 0.354 e.